The molecular weight excluding hydrogens is 735 g/mol. The number of ether oxygens (including phenoxy) is 1. The summed E-state index contributed by atoms with van der Waals surface area (Å²) in [6, 6.07) is 17.0. The molecule has 14 heteroatoms. The normalized spacial score (nSPS) is 15.5. The summed E-state index contributed by atoms with van der Waals surface area (Å²) in [5.74, 6) is -3.07. The van der Waals surface area contributed by atoms with Gasteiger partial charge in [0.1, 0.15) is 23.7 Å². The van der Waals surface area contributed by atoms with Crippen molar-refractivity contribution in [2.24, 2.45) is 0 Å². The van der Waals surface area contributed by atoms with Crippen molar-refractivity contribution in [3.8, 4) is 0 Å². The fourth-order valence-electron chi connectivity index (χ4n) is 6.17. The van der Waals surface area contributed by atoms with Crippen LogP contribution in [0, 0.1) is 0 Å². The number of aromatic carboxylic acids is 1. The van der Waals surface area contributed by atoms with Gasteiger partial charge < -0.3 is 31.1 Å². The number of nitrogens with one attached hydrogen (secondary N) is 4. The molecule has 56 heavy (non-hydrogen) atoms. The van der Waals surface area contributed by atoms with Crippen molar-refractivity contribution in [2.45, 2.75) is 102 Å². The summed E-state index contributed by atoms with van der Waals surface area (Å²) in [6.07, 6.45) is 3.76. The lowest BCUT2D eigenvalue weighted by molar-refractivity contribution is -0.134. The van der Waals surface area contributed by atoms with Gasteiger partial charge in [0.15, 0.2) is 0 Å². The van der Waals surface area contributed by atoms with Crippen LogP contribution in [0.4, 0.5) is 10.5 Å². The van der Waals surface area contributed by atoms with Crippen LogP contribution >= 0.6 is 11.8 Å². The number of hydrogen-bond donors (Lipinski definition) is 5. The lowest BCUT2D eigenvalue weighted by Gasteiger charge is -2.35. The Kier molecular flexibility index (Phi) is 14.3. The zero-order valence-electron chi connectivity index (χ0n) is 33.2. The zero-order valence-corrected chi connectivity index (χ0v) is 34.0. The number of aryl methyl sites for hydroxylation is 1. The predicted molar refractivity (Wildman–Crippen MR) is 217 cm³/mol. The summed E-state index contributed by atoms with van der Waals surface area (Å²) < 4.78 is 4.60. The highest BCUT2D eigenvalue weighted by Crippen LogP contribution is 2.30. The van der Waals surface area contributed by atoms with E-state index >= 15 is 0 Å². The second-order valence-electron chi connectivity index (χ2n) is 15.5. The molecule has 0 radical (unpaired) electrons. The molecule has 4 atom stereocenters. The van der Waals surface area contributed by atoms with E-state index in [9.17, 15) is 28.8 Å². The number of carbonyl (C=O) groups is 6. The van der Waals surface area contributed by atoms with E-state index in [0.29, 0.717) is 11.3 Å². The number of carboxylic acid groups (broad SMARTS) is 1. The van der Waals surface area contributed by atoms with Crippen molar-refractivity contribution in [1.82, 2.24) is 20.9 Å². The maximum Gasteiger partial charge on any atom is 0.410 e. The molecule has 13 nitrogen and oxygen atoms in total. The first-order valence-electron chi connectivity index (χ1n) is 18.5. The first-order chi connectivity index (χ1) is 26.3. The van der Waals surface area contributed by atoms with Gasteiger partial charge in [-0.05, 0) is 120 Å². The molecule has 0 fully saturated rings. The average Bonchev–Trinajstić information content (AvgIpc) is 3.15. The summed E-state index contributed by atoms with van der Waals surface area (Å²) in [7, 11) is 1.45. The SMILES string of the molecule is CSC(C)(C)C(NC(=O)C(C)N(C)C(=O)OC(C)(C)C)C(=O)NC(Cc1ccc(NC(=O)c2ccc(C(=O)O)cc2)cc1)C(=O)N[C@@H]1CCCc2ccccc21. The van der Waals surface area contributed by atoms with Gasteiger partial charge >= 0.3 is 12.1 Å². The third-order valence-corrected chi connectivity index (χ3v) is 11.1. The van der Waals surface area contributed by atoms with Crippen molar-refractivity contribution in [1.29, 1.82) is 0 Å². The van der Waals surface area contributed by atoms with Crippen LogP contribution in [0.25, 0.3) is 0 Å². The Morgan fingerprint density at radius 3 is 2.09 bits per heavy atom. The molecule has 5 N–H and O–H groups in total. The number of rotatable bonds is 14. The van der Waals surface area contributed by atoms with Gasteiger partial charge in [0.25, 0.3) is 5.91 Å². The Morgan fingerprint density at radius 2 is 1.48 bits per heavy atom. The van der Waals surface area contributed by atoms with Gasteiger partial charge in [-0.15, -0.1) is 0 Å². The monoisotopic (exact) mass is 787 g/mol. The number of thioether (sulfide) groups is 1. The van der Waals surface area contributed by atoms with Crippen molar-refractivity contribution >= 4 is 53.1 Å². The van der Waals surface area contributed by atoms with Crippen LogP contribution in [0.15, 0.2) is 72.8 Å². The summed E-state index contributed by atoms with van der Waals surface area (Å²) in [5, 5.41) is 20.9. The molecule has 3 unspecified atom stereocenters. The number of carbonyl (C=O) groups excluding carboxylic acids is 5. The second-order valence-corrected chi connectivity index (χ2v) is 16.9. The number of likely N-dealkylation sites (N-methyl/N-ethyl adjacent to an activating group) is 1. The zero-order chi connectivity index (χ0) is 41.4. The lowest BCUT2D eigenvalue weighted by atomic mass is 9.87. The summed E-state index contributed by atoms with van der Waals surface area (Å²) in [4.78, 5) is 79.9. The van der Waals surface area contributed by atoms with E-state index < -0.39 is 64.2 Å². The number of anilines is 1. The van der Waals surface area contributed by atoms with Crippen molar-refractivity contribution in [2.75, 3.05) is 18.6 Å². The molecule has 5 amide bonds. The molecule has 1 aliphatic carbocycles. The number of carboxylic acids is 1. The van der Waals surface area contributed by atoms with Gasteiger partial charge in [-0.1, -0.05) is 36.4 Å². The largest absolute Gasteiger partial charge is 0.478 e. The highest BCUT2D eigenvalue weighted by atomic mass is 32.2. The van der Waals surface area contributed by atoms with Crippen LogP contribution in [0.5, 0.6) is 0 Å². The maximum atomic E-state index is 14.3. The number of hydrogen-bond acceptors (Lipinski definition) is 8. The van der Waals surface area contributed by atoms with Crippen LogP contribution in [0.1, 0.15) is 97.8 Å². The molecule has 0 aliphatic heterocycles. The van der Waals surface area contributed by atoms with Crippen LogP contribution in [-0.4, -0.2) is 87.5 Å². The number of benzene rings is 3. The van der Waals surface area contributed by atoms with Crippen molar-refractivity contribution in [3.05, 3.63) is 101 Å². The average molecular weight is 788 g/mol. The molecule has 0 spiro atoms. The van der Waals surface area contributed by atoms with Crippen LogP contribution < -0.4 is 21.3 Å². The third-order valence-electron chi connectivity index (χ3n) is 9.78. The highest BCUT2D eigenvalue weighted by Gasteiger charge is 2.40. The summed E-state index contributed by atoms with van der Waals surface area (Å²) in [6.45, 7) is 10.3. The smallest absolute Gasteiger partial charge is 0.410 e. The van der Waals surface area contributed by atoms with E-state index in [4.69, 9.17) is 9.84 Å². The molecule has 0 bridgehead atoms. The minimum atomic E-state index is -1.10. The minimum Gasteiger partial charge on any atom is -0.478 e. The lowest BCUT2D eigenvalue weighted by Crippen LogP contribution is -2.62. The third kappa shape index (κ3) is 11.6. The Hall–Kier alpha value is -5.37. The quantitative estimate of drug-likeness (QED) is 0.136. The predicted octanol–water partition coefficient (Wildman–Crippen LogP) is 5.74. The standard InChI is InChI=1S/C42H53N5O8S/c1-25(47(7)40(54)55-41(2,3)4)35(48)46-34(42(5,6)56-8)38(51)45-33(37(50)44-32-15-11-13-27-12-9-10-14-31(27)32)24-26-16-22-30(23-17-26)43-36(49)28-18-20-29(21-19-28)39(52)53/h9-10,12,14,16-23,25,32-34H,11,13,15,24H2,1-8H3,(H,43,49)(H,44,50)(H,45,51)(H,46,48)(H,52,53)/t25?,32-,33?,34?/m1/s1. The molecular formula is C42H53N5O8S. The topological polar surface area (TPSA) is 183 Å². The van der Waals surface area contributed by atoms with E-state index in [-0.39, 0.29) is 23.6 Å². The number of fused-ring (bicyclic) bond motifs is 1. The molecule has 1 aliphatic rings. The maximum absolute atomic E-state index is 14.3. The molecule has 0 saturated carbocycles. The van der Waals surface area contributed by atoms with Crippen LogP contribution in [-0.2, 0) is 32.0 Å². The molecule has 300 valence electrons. The summed E-state index contributed by atoms with van der Waals surface area (Å²) in [5.41, 5.74) is 2.93. The Morgan fingerprint density at radius 1 is 0.857 bits per heavy atom. The van der Waals surface area contributed by atoms with Gasteiger partial charge in [-0.2, -0.15) is 11.8 Å². The number of nitrogens with zero attached hydrogens (tertiary/aromatic N) is 1. The summed E-state index contributed by atoms with van der Waals surface area (Å²) >= 11 is 1.36. The van der Waals surface area contributed by atoms with Crippen molar-refractivity contribution in [3.63, 3.8) is 0 Å². The number of amides is 5. The van der Waals surface area contributed by atoms with Crippen molar-refractivity contribution < 1.29 is 38.6 Å². The van der Waals surface area contributed by atoms with Gasteiger partial charge in [0, 0.05) is 29.5 Å². The van der Waals surface area contributed by atoms with Gasteiger partial charge in [-0.25, -0.2) is 9.59 Å². The highest BCUT2D eigenvalue weighted by molar-refractivity contribution is 8.00. The van der Waals surface area contributed by atoms with E-state index in [1.807, 2.05) is 38.3 Å². The first kappa shape index (κ1) is 43.4. The second kappa shape index (κ2) is 18.5. The molecule has 0 aromatic heterocycles. The van der Waals surface area contributed by atoms with Crippen LogP contribution in [0.3, 0.4) is 0 Å². The Bertz CT molecular complexity index is 1910. The fourth-order valence-corrected chi connectivity index (χ4v) is 6.57. The molecule has 0 saturated heterocycles. The Balaban J connectivity index is 1.56. The van der Waals surface area contributed by atoms with E-state index in [1.54, 1.807) is 52.0 Å². The van der Waals surface area contributed by atoms with E-state index in [0.717, 1.165) is 30.4 Å². The van der Waals surface area contributed by atoms with Gasteiger partial charge in [0.2, 0.25) is 17.7 Å². The van der Waals surface area contributed by atoms with E-state index in [2.05, 4.69) is 27.3 Å². The molecule has 4 rings (SSSR count). The molecule has 0 heterocycles. The first-order valence-corrected chi connectivity index (χ1v) is 19.8. The van der Waals surface area contributed by atoms with Gasteiger partial charge in [0.05, 0.1) is 11.6 Å². The van der Waals surface area contributed by atoms with E-state index in [1.165, 1.54) is 48.0 Å². The molecule has 3 aromatic carbocycles. The Labute approximate surface area is 332 Å². The van der Waals surface area contributed by atoms with Crippen LogP contribution in [0.2, 0.25) is 0 Å². The molecule has 3 aromatic rings. The minimum absolute atomic E-state index is 0.0651. The van der Waals surface area contributed by atoms with Gasteiger partial charge in [-0.3, -0.25) is 24.1 Å². The fraction of sp³-hybridized carbons (Fsp3) is 0.429.